The minimum Gasteiger partial charge on any atom is -0.508 e. The number of nitrogens with zero attached hydrogens (tertiary/aromatic N) is 1. The number of hydrogen-bond acceptors (Lipinski definition) is 21. The number of aliphatic carboxylic acids is 1. The smallest absolute Gasteiger partial charge is 0.305 e. The number of benzene rings is 1. The van der Waals surface area contributed by atoms with E-state index in [9.17, 15) is 92.3 Å². The minimum atomic E-state index is -1.73. The summed E-state index contributed by atoms with van der Waals surface area (Å²) in [6.45, 7) is 7.72. The summed E-state index contributed by atoms with van der Waals surface area (Å²) >= 11 is 2.75. The molecule has 0 aromatic heterocycles. The number of phenolic OH excluding ortho intramolecular Hbond substituents is 1. The molecule has 1 aromatic rings. The highest BCUT2D eigenvalue weighted by atomic mass is 32.2. The molecule has 1 aliphatic heterocycles. The standard InChI is InChI=1S/C74H124N14O19S2/c1-9-11-13-14-15-16-17-18-19-20-21-22-23-28-61(94)79-53(35-38-108-7)66(99)77-43-62(95)80-56(41-49-29-31-50(92)32-30-49)70(103)82-52(33-34-60(76)93)67(100)78-46(4)65(98)81-51(26-24-25-37-75)68(101)85-57-40-45(3)88(74(57)107)59(27-12-10-2)72(105)86-58(44-89)71(104)83-54(36-39-109-8)69(102)87-64(48(6)91)73(106)84-55(47(5)90)42-63(96)97/h29-32,45-46,48,51-59,64,89,91-92H,9-28,33-44,75H2,1-8H3,(H2,76,93)(H,77,99)(H,78,100)(H,79,94)(H,80,95)(H,81,98)(H,82,103)(H,83,104)(H,84,106)(H,85,101)(H,86,105)(H,87,102)(H,96,97)/t45?,46-,48+,51-,52-,53-,54-,55-,56-,57-,58-,59-,64-/m0/s1. The van der Waals surface area contributed by atoms with Crippen molar-refractivity contribution in [3.8, 4) is 5.75 Å². The number of phenols is 1. The van der Waals surface area contributed by atoms with Crippen LogP contribution in [0.4, 0.5) is 0 Å². The number of nitrogens with two attached hydrogens (primary N) is 2. The Morgan fingerprint density at radius 2 is 1.04 bits per heavy atom. The minimum absolute atomic E-state index is 0.0159. The fourth-order valence-electron chi connectivity index (χ4n) is 12.2. The number of carbonyl (C=O) groups excluding carboxylic acids is 14. The number of ketones is 1. The van der Waals surface area contributed by atoms with E-state index in [1.807, 2.05) is 13.2 Å². The third-order valence-electron chi connectivity index (χ3n) is 18.6. The van der Waals surface area contributed by atoms with Gasteiger partial charge in [0.15, 0.2) is 5.78 Å². The number of Topliss-reactive ketones (excluding diaryl/α,β-unsaturated/α-hetero) is 1. The number of thioether (sulfide) groups is 2. The van der Waals surface area contributed by atoms with Crippen LogP contribution in [0.5, 0.6) is 5.75 Å². The first kappa shape index (κ1) is 96.9. The Balaban J connectivity index is 2.27. The normalized spacial score (nSPS) is 16.3. The molecule has 1 unspecified atom stereocenters. The Labute approximate surface area is 649 Å². The average Bonchev–Trinajstić information content (AvgIpc) is 1.66. The summed E-state index contributed by atoms with van der Waals surface area (Å²) in [5, 5.41) is 68.0. The molecule has 0 aliphatic carbocycles. The van der Waals surface area contributed by atoms with Crippen LogP contribution in [0.3, 0.4) is 0 Å². The van der Waals surface area contributed by atoms with E-state index in [1.54, 1.807) is 13.2 Å². The summed E-state index contributed by atoms with van der Waals surface area (Å²) in [6, 6.07) is -10.8. The predicted octanol–water partition coefficient (Wildman–Crippen LogP) is 0.917. The van der Waals surface area contributed by atoms with E-state index < -0.39 is 194 Å². The Morgan fingerprint density at radius 3 is 1.57 bits per heavy atom. The highest BCUT2D eigenvalue weighted by Crippen LogP contribution is 2.26. The lowest BCUT2D eigenvalue weighted by Crippen LogP contribution is -2.61. The summed E-state index contributed by atoms with van der Waals surface area (Å²) in [6.07, 6.45) is 17.1. The quantitative estimate of drug-likeness (QED) is 0.0403. The summed E-state index contributed by atoms with van der Waals surface area (Å²) < 4.78 is 0. The number of likely N-dealkylation sites (tertiary alicyclic amines) is 1. The summed E-state index contributed by atoms with van der Waals surface area (Å²) in [5.41, 5.74) is 11.7. The molecule has 1 aliphatic rings. The van der Waals surface area contributed by atoms with Crippen molar-refractivity contribution >= 4 is 112 Å². The van der Waals surface area contributed by atoms with Crippen LogP contribution in [0.25, 0.3) is 0 Å². The van der Waals surface area contributed by atoms with Gasteiger partial charge in [0.1, 0.15) is 66.2 Å². The fraction of sp³-hybridized carbons (Fsp3) is 0.716. The maximum atomic E-state index is 14.5. The van der Waals surface area contributed by atoms with Crippen molar-refractivity contribution in [2.75, 3.05) is 43.7 Å². The van der Waals surface area contributed by atoms with Crippen molar-refractivity contribution in [1.82, 2.24) is 63.4 Å². The third kappa shape index (κ3) is 38.4. The summed E-state index contributed by atoms with van der Waals surface area (Å²) in [5.74, 6) is -12.4. The van der Waals surface area contributed by atoms with Crippen molar-refractivity contribution < 1.29 is 92.3 Å². The molecule has 0 bridgehead atoms. The number of nitrogens with one attached hydrogen (secondary N) is 11. The Morgan fingerprint density at radius 1 is 0.541 bits per heavy atom. The Kier molecular flexibility index (Phi) is 48.4. The molecule has 33 nitrogen and oxygen atoms in total. The first-order valence-corrected chi connectivity index (χ1v) is 41.0. The van der Waals surface area contributed by atoms with Crippen molar-refractivity contribution in [2.45, 2.75) is 294 Å². The second kappa shape index (κ2) is 54.5. The van der Waals surface area contributed by atoms with Crippen molar-refractivity contribution in [3.05, 3.63) is 29.8 Å². The van der Waals surface area contributed by atoms with Gasteiger partial charge >= 0.3 is 5.97 Å². The number of unbranched alkanes of at least 4 members (excludes halogenated alkanes) is 14. The molecule has 35 heteroatoms. The van der Waals surface area contributed by atoms with E-state index in [1.165, 1.54) is 111 Å². The van der Waals surface area contributed by atoms with Crippen LogP contribution in [0, 0.1) is 0 Å². The number of aromatic hydroxyl groups is 1. The topological polar surface area (TPSA) is 525 Å². The van der Waals surface area contributed by atoms with Gasteiger partial charge in [0.25, 0.3) is 0 Å². The number of carbonyl (C=O) groups is 15. The number of hydrogen-bond donors (Lipinski definition) is 17. The highest BCUT2D eigenvalue weighted by Gasteiger charge is 2.45. The first-order chi connectivity index (χ1) is 51.9. The van der Waals surface area contributed by atoms with Gasteiger partial charge in [0, 0.05) is 25.3 Å². The second-order valence-corrected chi connectivity index (χ2v) is 29.8. The van der Waals surface area contributed by atoms with Crippen LogP contribution >= 0.6 is 23.5 Å². The molecule has 1 saturated heterocycles. The van der Waals surface area contributed by atoms with E-state index >= 15 is 0 Å². The zero-order chi connectivity index (χ0) is 81.5. The average molecular weight is 1580 g/mol. The van der Waals surface area contributed by atoms with E-state index in [0.29, 0.717) is 43.4 Å². The molecular weight excluding hydrogens is 1450 g/mol. The van der Waals surface area contributed by atoms with Crippen molar-refractivity contribution in [1.29, 1.82) is 0 Å². The molecule has 0 radical (unpaired) electrons. The van der Waals surface area contributed by atoms with E-state index in [2.05, 4.69) is 65.4 Å². The molecule has 0 saturated carbocycles. The van der Waals surface area contributed by atoms with Crippen LogP contribution < -0.4 is 70.0 Å². The van der Waals surface area contributed by atoms with Crippen molar-refractivity contribution in [3.63, 3.8) is 0 Å². The van der Waals surface area contributed by atoms with Crippen LogP contribution in [-0.4, -0.2) is 236 Å². The number of aliphatic hydroxyl groups is 2. The molecule has 1 fully saturated rings. The largest absolute Gasteiger partial charge is 0.508 e. The molecule has 19 N–H and O–H groups in total. The molecule has 0 spiro atoms. The lowest BCUT2D eigenvalue weighted by molar-refractivity contribution is -0.142. The fourth-order valence-corrected chi connectivity index (χ4v) is 13.1. The van der Waals surface area contributed by atoms with Gasteiger partial charge in [0.2, 0.25) is 76.8 Å². The first-order valence-electron chi connectivity index (χ1n) is 38.2. The number of carboxylic acid groups (broad SMARTS) is 1. The zero-order valence-corrected chi connectivity index (χ0v) is 66.4. The summed E-state index contributed by atoms with van der Waals surface area (Å²) in [7, 11) is 0. The molecular formula is C74H124N14O19S2. The van der Waals surface area contributed by atoms with Crippen LogP contribution in [0.15, 0.2) is 24.3 Å². The van der Waals surface area contributed by atoms with Crippen LogP contribution in [0.1, 0.15) is 214 Å². The lowest BCUT2D eigenvalue weighted by atomic mass is 10.0. The van der Waals surface area contributed by atoms with E-state index in [4.69, 9.17) is 11.5 Å². The molecule has 13 amide bonds. The maximum absolute atomic E-state index is 14.5. The van der Waals surface area contributed by atoms with E-state index in [0.717, 1.165) is 39.5 Å². The Hall–Kier alpha value is -8.15. The molecule has 109 heavy (non-hydrogen) atoms. The monoisotopic (exact) mass is 1580 g/mol. The summed E-state index contributed by atoms with van der Waals surface area (Å²) in [4.78, 5) is 204. The van der Waals surface area contributed by atoms with Gasteiger partial charge in [-0.05, 0) is 134 Å². The third-order valence-corrected chi connectivity index (χ3v) is 19.9. The van der Waals surface area contributed by atoms with Gasteiger partial charge in [-0.25, -0.2) is 0 Å². The van der Waals surface area contributed by atoms with Gasteiger partial charge < -0.3 is 95.3 Å². The molecule has 2 rings (SSSR count). The van der Waals surface area contributed by atoms with Gasteiger partial charge in [0.05, 0.1) is 31.7 Å². The molecule has 616 valence electrons. The molecule has 13 atom stereocenters. The lowest BCUT2D eigenvalue weighted by Gasteiger charge is -2.32. The maximum Gasteiger partial charge on any atom is 0.305 e. The van der Waals surface area contributed by atoms with Crippen LogP contribution in [0.2, 0.25) is 0 Å². The van der Waals surface area contributed by atoms with Gasteiger partial charge in [-0.15, -0.1) is 0 Å². The van der Waals surface area contributed by atoms with Gasteiger partial charge in [-0.3, -0.25) is 71.9 Å². The van der Waals surface area contributed by atoms with Crippen LogP contribution in [-0.2, 0) is 78.3 Å². The Bertz CT molecular complexity index is 3080. The molecule has 1 heterocycles. The predicted molar refractivity (Wildman–Crippen MR) is 413 cm³/mol. The van der Waals surface area contributed by atoms with Gasteiger partial charge in [-0.2, -0.15) is 23.5 Å². The highest BCUT2D eigenvalue weighted by molar-refractivity contribution is 7.98. The number of rotatable bonds is 59. The zero-order valence-electron chi connectivity index (χ0n) is 64.8. The van der Waals surface area contributed by atoms with E-state index in [-0.39, 0.29) is 68.9 Å². The second-order valence-electron chi connectivity index (χ2n) is 27.9. The number of carboxylic acids is 1. The number of aliphatic hydroxyl groups excluding tert-OH is 2. The molecule has 1 aromatic carbocycles. The SMILES string of the molecule is CCCCCCCCCCCCCCCC(=O)N[C@@H](CCSC)C(=O)NCC(=O)N[C@@H](Cc1ccc(O)cc1)C(=O)N[C@@H](CCC(N)=O)C(=O)N[C@@H](C)C(=O)N[C@@H](CCCCN)C(=O)N[C@H]1CC(C)N([C@@H](CCCC)C(=O)N[C@@H](CO)C(=O)N[C@@H](CCSC)C(=O)N[C@H](C(=O)N[C@@H](CC(=O)O)C(C)=O)[C@@H](C)O)C1=O. The number of amides is 13. The van der Waals surface area contributed by atoms with Crippen molar-refractivity contribution in [2.24, 2.45) is 11.5 Å². The number of primary amides is 1. The van der Waals surface area contributed by atoms with Gasteiger partial charge in [-0.1, -0.05) is 116 Å².